The molecule has 1 rings (SSSR count). The van der Waals surface area contributed by atoms with Crippen molar-refractivity contribution >= 4 is 16.0 Å². The molecule has 0 aliphatic carbocycles. The van der Waals surface area contributed by atoms with Crippen molar-refractivity contribution < 1.29 is 18.3 Å². The van der Waals surface area contributed by atoms with Crippen LogP contribution in [0.1, 0.15) is 16.2 Å². The van der Waals surface area contributed by atoms with Crippen molar-refractivity contribution in [3.05, 3.63) is 11.4 Å². The topological polar surface area (TPSA) is 103 Å². The number of hydrogen-bond acceptors (Lipinski definition) is 4. The first-order valence-electron chi connectivity index (χ1n) is 3.99. The summed E-state index contributed by atoms with van der Waals surface area (Å²) < 4.78 is 24.4. The van der Waals surface area contributed by atoms with E-state index in [2.05, 4.69) is 10.2 Å². The maximum absolute atomic E-state index is 11.7. The molecule has 0 saturated carbocycles. The number of carbonyl (C=O) groups is 1. The lowest BCUT2D eigenvalue weighted by molar-refractivity contribution is 0.0686. The van der Waals surface area contributed by atoms with E-state index < -0.39 is 21.7 Å². The van der Waals surface area contributed by atoms with Gasteiger partial charge in [-0.1, -0.05) is 0 Å². The molecule has 2 N–H and O–H groups in total. The quantitative estimate of drug-likeness (QED) is 0.743. The highest BCUT2D eigenvalue weighted by atomic mass is 32.2. The Hall–Kier alpha value is -1.41. The summed E-state index contributed by atoms with van der Waals surface area (Å²) in [4.78, 5) is 10.4. The Morgan fingerprint density at radius 1 is 1.47 bits per heavy atom. The van der Waals surface area contributed by atoms with Gasteiger partial charge < -0.3 is 5.11 Å². The molecule has 0 aliphatic heterocycles. The Labute approximate surface area is 86.8 Å². The second-order valence-electron chi connectivity index (χ2n) is 3.12. The lowest BCUT2D eigenvalue weighted by Crippen LogP contribution is -2.24. The summed E-state index contributed by atoms with van der Waals surface area (Å²) in [5, 5.41) is 14.5. The van der Waals surface area contributed by atoms with Crippen LogP contribution in [0.4, 0.5) is 0 Å². The smallest absolute Gasteiger partial charge is 0.357 e. The number of carboxylic acids is 1. The zero-order chi connectivity index (χ0) is 11.8. The van der Waals surface area contributed by atoms with Crippen molar-refractivity contribution in [3.8, 4) is 0 Å². The molecule has 1 aromatic heterocycles. The average molecular weight is 233 g/mol. The first kappa shape index (κ1) is 11.7. The van der Waals surface area contributed by atoms with Gasteiger partial charge in [0.25, 0.3) is 0 Å². The van der Waals surface area contributed by atoms with Gasteiger partial charge in [0, 0.05) is 14.1 Å². The van der Waals surface area contributed by atoms with Crippen LogP contribution in [0.2, 0.25) is 0 Å². The minimum atomic E-state index is -3.78. The molecule has 0 saturated heterocycles. The Morgan fingerprint density at radius 3 is 2.40 bits per heavy atom. The van der Waals surface area contributed by atoms with Gasteiger partial charge in [-0.3, -0.25) is 5.10 Å². The van der Waals surface area contributed by atoms with Crippen LogP contribution in [-0.2, 0) is 10.0 Å². The van der Waals surface area contributed by atoms with Crippen LogP contribution < -0.4 is 0 Å². The number of nitrogens with one attached hydrogen (secondary N) is 1. The van der Waals surface area contributed by atoms with Gasteiger partial charge in [-0.2, -0.15) is 5.10 Å². The molecule has 0 bridgehead atoms. The van der Waals surface area contributed by atoms with Crippen molar-refractivity contribution in [2.45, 2.75) is 11.8 Å². The first-order valence-corrected chi connectivity index (χ1v) is 5.43. The summed E-state index contributed by atoms with van der Waals surface area (Å²) in [7, 11) is -1.13. The van der Waals surface area contributed by atoms with E-state index in [1.807, 2.05) is 0 Å². The molecule has 7 nitrogen and oxygen atoms in total. The number of aromatic carboxylic acids is 1. The molecule has 0 radical (unpaired) electrons. The van der Waals surface area contributed by atoms with Crippen molar-refractivity contribution in [1.29, 1.82) is 0 Å². The molecule has 84 valence electrons. The molecule has 0 unspecified atom stereocenters. The van der Waals surface area contributed by atoms with Crippen molar-refractivity contribution in [1.82, 2.24) is 14.5 Å². The summed E-state index contributed by atoms with van der Waals surface area (Å²) in [5.74, 6) is -1.38. The van der Waals surface area contributed by atoms with Crippen LogP contribution in [0, 0.1) is 6.92 Å². The van der Waals surface area contributed by atoms with Crippen molar-refractivity contribution in [3.63, 3.8) is 0 Å². The van der Waals surface area contributed by atoms with Gasteiger partial charge in [0.2, 0.25) is 10.0 Å². The molecule has 0 aliphatic rings. The average Bonchev–Trinajstić information content (AvgIpc) is 2.47. The van der Waals surface area contributed by atoms with E-state index in [0.717, 1.165) is 4.31 Å². The summed E-state index contributed by atoms with van der Waals surface area (Å²) >= 11 is 0. The fraction of sp³-hybridized carbons (Fsp3) is 0.429. The molecule has 0 atom stereocenters. The second-order valence-corrected chi connectivity index (χ2v) is 5.21. The second kappa shape index (κ2) is 3.63. The maximum Gasteiger partial charge on any atom is 0.357 e. The summed E-state index contributed by atoms with van der Waals surface area (Å²) in [5.41, 5.74) is -0.276. The Balaban J connectivity index is 3.50. The Morgan fingerprint density at radius 2 is 2.00 bits per heavy atom. The number of hydrogen-bond donors (Lipinski definition) is 2. The fourth-order valence-electron chi connectivity index (χ4n) is 1.06. The maximum atomic E-state index is 11.7. The third-order valence-electron chi connectivity index (χ3n) is 1.83. The number of sulfonamides is 1. The zero-order valence-corrected chi connectivity index (χ0v) is 9.29. The van der Waals surface area contributed by atoms with Crippen LogP contribution in [0.15, 0.2) is 4.90 Å². The van der Waals surface area contributed by atoms with Crippen LogP contribution in [0.5, 0.6) is 0 Å². The van der Waals surface area contributed by atoms with E-state index in [1.54, 1.807) is 0 Å². The van der Waals surface area contributed by atoms with Crippen molar-refractivity contribution in [2.75, 3.05) is 14.1 Å². The molecular weight excluding hydrogens is 222 g/mol. The highest BCUT2D eigenvalue weighted by Gasteiger charge is 2.29. The normalized spacial score (nSPS) is 12.0. The summed E-state index contributed by atoms with van der Waals surface area (Å²) in [6, 6.07) is 0. The van der Waals surface area contributed by atoms with Crippen LogP contribution in [0.25, 0.3) is 0 Å². The molecule has 15 heavy (non-hydrogen) atoms. The van der Waals surface area contributed by atoms with Gasteiger partial charge in [-0.05, 0) is 6.92 Å². The zero-order valence-electron chi connectivity index (χ0n) is 8.47. The molecular formula is C7H11N3O4S. The van der Waals surface area contributed by atoms with E-state index in [-0.39, 0.29) is 10.6 Å². The Bertz CT molecular complexity index is 488. The van der Waals surface area contributed by atoms with Gasteiger partial charge >= 0.3 is 5.97 Å². The monoisotopic (exact) mass is 233 g/mol. The Kier molecular flexibility index (Phi) is 2.82. The third-order valence-corrected chi connectivity index (χ3v) is 3.81. The number of rotatable bonds is 3. The highest BCUT2D eigenvalue weighted by Crippen LogP contribution is 2.20. The number of nitrogens with zero attached hydrogens (tertiary/aromatic N) is 2. The lowest BCUT2D eigenvalue weighted by Gasteiger charge is -2.10. The predicted molar refractivity (Wildman–Crippen MR) is 51.2 cm³/mol. The summed E-state index contributed by atoms with van der Waals surface area (Å²) in [6.07, 6.45) is 0. The molecule has 8 heteroatoms. The predicted octanol–water partition coefficient (Wildman–Crippen LogP) is -0.333. The van der Waals surface area contributed by atoms with Gasteiger partial charge in [0.05, 0.1) is 5.69 Å². The minimum Gasteiger partial charge on any atom is -0.476 e. The molecule has 0 amide bonds. The van der Waals surface area contributed by atoms with E-state index >= 15 is 0 Å². The summed E-state index contributed by atoms with van der Waals surface area (Å²) in [6.45, 7) is 1.45. The van der Waals surface area contributed by atoms with Gasteiger partial charge in [0.1, 0.15) is 4.90 Å². The van der Waals surface area contributed by atoms with Crippen LogP contribution >= 0.6 is 0 Å². The van der Waals surface area contributed by atoms with Crippen LogP contribution in [-0.4, -0.2) is 48.1 Å². The standard InChI is InChI=1S/C7H11N3O4S/c1-4-6(15(13,14)10(2)3)5(7(11)12)9-8-4/h1-3H3,(H,8,9)(H,11,12). The van der Waals surface area contributed by atoms with E-state index in [0.29, 0.717) is 0 Å². The molecule has 0 aromatic carbocycles. The van der Waals surface area contributed by atoms with Gasteiger partial charge in [-0.25, -0.2) is 17.5 Å². The largest absolute Gasteiger partial charge is 0.476 e. The number of aromatic amines is 1. The number of aryl methyl sites for hydroxylation is 1. The molecule has 0 fully saturated rings. The van der Waals surface area contributed by atoms with E-state index in [4.69, 9.17) is 5.11 Å². The number of H-pyrrole nitrogens is 1. The van der Waals surface area contributed by atoms with Gasteiger partial charge in [-0.15, -0.1) is 0 Å². The van der Waals surface area contributed by atoms with Gasteiger partial charge in [0.15, 0.2) is 5.69 Å². The molecule has 0 spiro atoms. The van der Waals surface area contributed by atoms with Crippen molar-refractivity contribution in [2.24, 2.45) is 0 Å². The molecule has 1 aromatic rings. The van der Waals surface area contributed by atoms with E-state index in [9.17, 15) is 13.2 Å². The number of aromatic nitrogens is 2. The third kappa shape index (κ3) is 1.85. The highest BCUT2D eigenvalue weighted by molar-refractivity contribution is 7.89. The fourth-order valence-corrected chi connectivity index (χ4v) is 2.24. The molecule has 1 heterocycles. The number of carboxylic acid groups (broad SMARTS) is 1. The lowest BCUT2D eigenvalue weighted by atomic mass is 10.4. The van der Waals surface area contributed by atoms with E-state index in [1.165, 1.54) is 21.0 Å². The minimum absolute atomic E-state index is 0.209. The first-order chi connectivity index (χ1) is 6.78. The van der Waals surface area contributed by atoms with Crippen LogP contribution in [0.3, 0.4) is 0 Å². The SMILES string of the molecule is Cc1[nH]nc(C(=O)O)c1S(=O)(=O)N(C)C.